The van der Waals surface area contributed by atoms with Crippen molar-refractivity contribution in [2.75, 3.05) is 6.61 Å². The summed E-state index contributed by atoms with van der Waals surface area (Å²) in [7, 11) is 0. The van der Waals surface area contributed by atoms with Crippen molar-refractivity contribution in [2.24, 2.45) is 0 Å². The minimum absolute atomic E-state index is 0.357. The van der Waals surface area contributed by atoms with E-state index >= 15 is 0 Å². The summed E-state index contributed by atoms with van der Waals surface area (Å²) in [6, 6.07) is 3.06. The molecule has 0 aliphatic heterocycles. The lowest BCUT2D eigenvalue weighted by Crippen LogP contribution is -2.28. The van der Waals surface area contributed by atoms with E-state index in [0.717, 1.165) is 13.0 Å². The predicted octanol–water partition coefficient (Wildman–Crippen LogP) is 2.03. The number of halogens is 4. The fraction of sp³-hybridized carbons (Fsp3) is 0.200. The van der Waals surface area contributed by atoms with Crippen LogP contribution in [-0.2, 0) is 11.0 Å². The van der Waals surface area contributed by atoms with Crippen molar-refractivity contribution in [2.45, 2.75) is 13.1 Å². The van der Waals surface area contributed by atoms with Gasteiger partial charge in [0.15, 0.2) is 12.4 Å². The molecular formula is C15H9F4N3O4. The first-order chi connectivity index (χ1) is 12.1. The molecule has 1 aromatic carbocycles. The summed E-state index contributed by atoms with van der Waals surface area (Å²) in [6.07, 6.45) is -4.44. The van der Waals surface area contributed by atoms with E-state index in [2.05, 4.69) is 5.10 Å². The Kier molecular flexibility index (Phi) is 4.97. The lowest BCUT2D eigenvalue weighted by Gasteiger charge is -2.13. The maximum atomic E-state index is 14.2. The molecule has 0 aliphatic carbocycles. The highest BCUT2D eigenvalue weighted by molar-refractivity contribution is 5.68. The van der Waals surface area contributed by atoms with Gasteiger partial charge in [0.25, 0.3) is 5.56 Å². The minimum atomic E-state index is -4.81. The fourth-order valence-corrected chi connectivity index (χ4v) is 2.05. The Morgan fingerprint density at radius 1 is 1.42 bits per heavy atom. The van der Waals surface area contributed by atoms with E-state index in [1.54, 1.807) is 6.07 Å². The summed E-state index contributed by atoms with van der Waals surface area (Å²) in [5.41, 5.74) is -4.15. The zero-order valence-corrected chi connectivity index (χ0v) is 13.0. The second-order valence-corrected chi connectivity index (χ2v) is 4.99. The van der Waals surface area contributed by atoms with Gasteiger partial charge >= 0.3 is 12.1 Å². The normalized spacial score (nSPS) is 11.1. The minimum Gasteiger partial charge on any atom is -0.480 e. The second kappa shape index (κ2) is 6.83. The molecule has 0 fully saturated rings. The molecule has 136 valence electrons. The van der Waals surface area contributed by atoms with Gasteiger partial charge in [-0.25, -0.2) is 9.18 Å². The number of carbonyl (C=O) groups is 1. The zero-order valence-electron chi connectivity index (χ0n) is 13.0. The summed E-state index contributed by atoms with van der Waals surface area (Å²) >= 11 is 0. The molecule has 0 spiro atoms. The highest BCUT2D eigenvalue weighted by atomic mass is 19.4. The quantitative estimate of drug-likeness (QED) is 0.825. The van der Waals surface area contributed by atoms with Crippen molar-refractivity contribution in [3.8, 4) is 17.5 Å². The molecule has 2 aromatic rings. The molecule has 7 nitrogen and oxygen atoms in total. The van der Waals surface area contributed by atoms with Crippen molar-refractivity contribution >= 4 is 5.97 Å². The third-order valence-corrected chi connectivity index (χ3v) is 3.27. The van der Waals surface area contributed by atoms with Crippen LogP contribution in [0.2, 0.25) is 0 Å². The summed E-state index contributed by atoms with van der Waals surface area (Å²) in [6.45, 7) is 0.0564. The van der Waals surface area contributed by atoms with Crippen LogP contribution in [0.3, 0.4) is 0 Å². The molecule has 0 saturated carbocycles. The van der Waals surface area contributed by atoms with Crippen LogP contribution in [0.1, 0.15) is 16.7 Å². The van der Waals surface area contributed by atoms with Crippen LogP contribution in [-0.4, -0.2) is 27.5 Å². The van der Waals surface area contributed by atoms with E-state index in [-0.39, 0.29) is 11.3 Å². The highest BCUT2D eigenvalue weighted by Crippen LogP contribution is 2.30. The molecule has 0 amide bonds. The van der Waals surface area contributed by atoms with Gasteiger partial charge in [-0.1, -0.05) is 0 Å². The van der Waals surface area contributed by atoms with Gasteiger partial charge in [-0.15, -0.1) is 0 Å². The van der Waals surface area contributed by atoms with Crippen molar-refractivity contribution in [3.05, 3.63) is 51.2 Å². The van der Waals surface area contributed by atoms with Crippen molar-refractivity contribution in [1.29, 1.82) is 5.26 Å². The predicted molar refractivity (Wildman–Crippen MR) is 77.4 cm³/mol. The van der Waals surface area contributed by atoms with E-state index in [0.29, 0.717) is 16.9 Å². The number of carboxylic acid groups (broad SMARTS) is 1. The lowest BCUT2D eigenvalue weighted by atomic mass is 10.1. The van der Waals surface area contributed by atoms with E-state index in [1.165, 1.54) is 0 Å². The first-order valence-corrected chi connectivity index (χ1v) is 6.81. The van der Waals surface area contributed by atoms with Gasteiger partial charge in [-0.2, -0.15) is 28.2 Å². The number of alkyl halides is 3. The number of carboxylic acids is 1. The first-order valence-electron chi connectivity index (χ1n) is 6.81. The Bertz CT molecular complexity index is 977. The molecule has 1 heterocycles. The average molecular weight is 371 g/mol. The van der Waals surface area contributed by atoms with Gasteiger partial charge in [-0.05, 0) is 13.0 Å². The molecule has 1 N–H and O–H groups in total. The Labute approximate surface area is 142 Å². The maximum absolute atomic E-state index is 14.2. The molecule has 1 aromatic heterocycles. The second-order valence-electron chi connectivity index (χ2n) is 4.99. The number of rotatable bonds is 4. The lowest BCUT2D eigenvalue weighted by molar-refractivity contribution is -0.139. The summed E-state index contributed by atoms with van der Waals surface area (Å²) < 4.78 is 57.8. The number of aliphatic carboxylic acids is 1. The number of benzene rings is 1. The molecule has 26 heavy (non-hydrogen) atoms. The molecule has 11 heteroatoms. The molecule has 0 radical (unpaired) electrons. The van der Waals surface area contributed by atoms with Crippen molar-refractivity contribution < 1.29 is 32.2 Å². The third-order valence-electron chi connectivity index (χ3n) is 3.27. The number of hydrogen-bond donors (Lipinski definition) is 1. The molecule has 0 atom stereocenters. The Balaban J connectivity index is 2.64. The van der Waals surface area contributed by atoms with Crippen molar-refractivity contribution in [1.82, 2.24) is 9.78 Å². The van der Waals surface area contributed by atoms with Gasteiger partial charge in [0.1, 0.15) is 17.5 Å². The summed E-state index contributed by atoms with van der Waals surface area (Å²) in [5, 5.41) is 20.9. The van der Waals surface area contributed by atoms with Crippen LogP contribution < -0.4 is 10.3 Å². The van der Waals surface area contributed by atoms with Crippen LogP contribution in [0.4, 0.5) is 17.6 Å². The first kappa shape index (κ1) is 18.9. The van der Waals surface area contributed by atoms with E-state index in [9.17, 15) is 27.2 Å². The van der Waals surface area contributed by atoms with E-state index < -0.39 is 46.9 Å². The van der Waals surface area contributed by atoms with Crippen molar-refractivity contribution in [3.63, 3.8) is 0 Å². The summed E-state index contributed by atoms with van der Waals surface area (Å²) in [4.78, 5) is 22.7. The molecule has 0 saturated heterocycles. The number of nitriles is 1. The number of aromatic nitrogens is 2. The molecule has 0 aliphatic rings. The van der Waals surface area contributed by atoms with E-state index in [1.807, 2.05) is 0 Å². The zero-order chi connectivity index (χ0) is 19.6. The molecule has 0 unspecified atom stereocenters. The van der Waals surface area contributed by atoms with Crippen LogP contribution in [0.15, 0.2) is 23.1 Å². The number of hydrogen-bond acceptors (Lipinski definition) is 5. The topological polar surface area (TPSA) is 105 Å². The number of ether oxygens (including phenoxy) is 1. The Morgan fingerprint density at radius 3 is 2.62 bits per heavy atom. The highest BCUT2D eigenvalue weighted by Gasteiger charge is 2.34. The van der Waals surface area contributed by atoms with Gasteiger partial charge in [0.2, 0.25) is 0 Å². The average Bonchev–Trinajstić information content (AvgIpc) is 2.54. The maximum Gasteiger partial charge on any atom is 0.418 e. The SMILES string of the molecule is Cc1c(C(F)(F)F)cnn(-c2cc(OCC(=O)O)c(C#N)cc2F)c1=O. The molecule has 0 bridgehead atoms. The monoisotopic (exact) mass is 371 g/mol. The van der Waals surface area contributed by atoms with Crippen LogP contribution >= 0.6 is 0 Å². The van der Waals surface area contributed by atoms with Crippen LogP contribution in [0.25, 0.3) is 5.69 Å². The Morgan fingerprint density at radius 2 is 2.08 bits per heavy atom. The van der Waals surface area contributed by atoms with Gasteiger partial charge in [0.05, 0.1) is 17.3 Å². The van der Waals surface area contributed by atoms with Crippen LogP contribution in [0, 0.1) is 24.1 Å². The van der Waals surface area contributed by atoms with E-state index in [4.69, 9.17) is 15.1 Å². The number of nitrogens with zero attached hydrogens (tertiary/aromatic N) is 3. The smallest absolute Gasteiger partial charge is 0.418 e. The largest absolute Gasteiger partial charge is 0.480 e. The van der Waals surface area contributed by atoms with Gasteiger partial charge in [0, 0.05) is 11.6 Å². The van der Waals surface area contributed by atoms with Gasteiger partial charge in [-0.3, -0.25) is 4.79 Å². The molecular weight excluding hydrogens is 362 g/mol. The standard InChI is InChI=1S/C15H9F4N3O4/c1-7-9(15(17,18)19)5-21-22(14(7)25)11-3-12(26-6-13(23)24)8(4-20)2-10(11)16/h2-3,5H,6H2,1H3,(H,23,24). The van der Waals surface area contributed by atoms with Gasteiger partial charge < -0.3 is 9.84 Å². The molecule has 2 rings (SSSR count). The third kappa shape index (κ3) is 3.64. The fourth-order valence-electron chi connectivity index (χ4n) is 2.05. The summed E-state index contributed by atoms with van der Waals surface area (Å²) in [5.74, 6) is -2.86. The Hall–Kier alpha value is -3.42. The van der Waals surface area contributed by atoms with Crippen LogP contribution in [0.5, 0.6) is 5.75 Å².